The predicted molar refractivity (Wildman–Crippen MR) is 25.5 cm³/mol. The van der Waals surface area contributed by atoms with Crippen molar-refractivity contribution in [1.82, 2.24) is 0 Å². The second kappa shape index (κ2) is 7.32. The summed E-state index contributed by atoms with van der Waals surface area (Å²) in [7, 11) is 0. The first kappa shape index (κ1) is 11.2. The molecule has 0 bridgehead atoms. The maximum Gasteiger partial charge on any atom is -1.00 e. The predicted octanol–water partition coefficient (Wildman–Crippen LogP) is 1.91. The van der Waals surface area contributed by atoms with Gasteiger partial charge in [0.1, 0.15) is 0 Å². The Bertz CT molecular complexity index is 17.7. The summed E-state index contributed by atoms with van der Waals surface area (Å²) in [5, 5.41) is 0. The molecule has 0 aliphatic carbocycles. The van der Waals surface area contributed by atoms with E-state index in [9.17, 15) is 0 Å². The van der Waals surface area contributed by atoms with Gasteiger partial charge in [0.25, 0.3) is 0 Å². The van der Waals surface area contributed by atoms with Crippen molar-refractivity contribution in [2.45, 2.75) is 0 Å². The molecule has 0 aliphatic heterocycles. The third-order valence-corrected chi connectivity index (χ3v) is 0. The molecule has 0 fully saturated rings. The SMILES string of the molecule is [Ca+2].[Cl][La]([Cl])[Cl].[H-].[H-]. The van der Waals surface area contributed by atoms with E-state index in [0.717, 1.165) is 0 Å². The molecular formula is H2CaCl3La. The average molecular weight is 287 g/mol. The van der Waals surface area contributed by atoms with E-state index in [4.69, 9.17) is 20.4 Å². The Morgan fingerprint density at radius 3 is 1.20 bits per heavy atom. The molecule has 0 aliphatic rings. The third kappa shape index (κ3) is 18.8. The summed E-state index contributed by atoms with van der Waals surface area (Å²) < 4.78 is 0. The monoisotopic (exact) mass is 286 g/mol. The van der Waals surface area contributed by atoms with E-state index in [2.05, 4.69) is 0 Å². The van der Waals surface area contributed by atoms with Crippen molar-refractivity contribution in [2.75, 3.05) is 0 Å². The summed E-state index contributed by atoms with van der Waals surface area (Å²) in [6.07, 6.45) is 0. The van der Waals surface area contributed by atoms with Gasteiger partial charge in [-0.2, -0.15) is 0 Å². The van der Waals surface area contributed by atoms with Gasteiger partial charge in [0.2, 0.25) is 0 Å². The molecule has 0 unspecified atom stereocenters. The van der Waals surface area contributed by atoms with E-state index in [0.29, 0.717) is 0 Å². The summed E-state index contributed by atoms with van der Waals surface area (Å²) in [5.74, 6) is 0. The quantitative estimate of drug-likeness (QED) is 0.597. The van der Waals surface area contributed by atoms with Crippen LogP contribution in [0.2, 0.25) is 0 Å². The molecule has 0 nitrogen and oxygen atoms in total. The van der Waals surface area contributed by atoms with Crippen molar-refractivity contribution in [1.29, 1.82) is 0 Å². The Balaban J connectivity index is -0.0000000150. The van der Waals surface area contributed by atoms with Crippen LogP contribution < -0.4 is 0 Å². The zero-order chi connectivity index (χ0) is 3.58. The van der Waals surface area contributed by atoms with Gasteiger partial charge in [0.15, 0.2) is 0 Å². The Morgan fingerprint density at radius 1 is 1.20 bits per heavy atom. The van der Waals surface area contributed by atoms with E-state index < -0.39 is 25.7 Å². The van der Waals surface area contributed by atoms with E-state index in [-0.39, 0.29) is 40.6 Å². The molecule has 0 saturated carbocycles. The maximum absolute atomic E-state index is 5.03. The molecule has 0 radical (unpaired) electrons. The van der Waals surface area contributed by atoms with Crippen LogP contribution in [0.5, 0.6) is 0 Å². The van der Waals surface area contributed by atoms with Crippen LogP contribution in [0, 0.1) is 25.7 Å². The molecule has 0 amide bonds. The minimum atomic E-state index is -2.31. The molecule has 0 aromatic rings. The average Bonchev–Trinajstić information content (AvgIpc) is 0.811. The van der Waals surface area contributed by atoms with Crippen molar-refractivity contribution in [3.8, 4) is 0 Å². The van der Waals surface area contributed by atoms with Crippen molar-refractivity contribution in [3.05, 3.63) is 0 Å². The fourth-order valence-electron chi connectivity index (χ4n) is 0. The molecule has 5 heteroatoms. The molecule has 0 aromatic heterocycles. The second-order valence-electron chi connectivity index (χ2n) is 0.247. The van der Waals surface area contributed by atoms with Crippen LogP contribution in [0.3, 0.4) is 0 Å². The van der Waals surface area contributed by atoms with Crippen LogP contribution in [0.1, 0.15) is 2.85 Å². The molecule has 0 spiro atoms. The zero-order valence-corrected chi connectivity index (χ0v) is 10.5. The number of rotatable bonds is 0. The third-order valence-electron chi connectivity index (χ3n) is 0. The largest absolute Gasteiger partial charge is 1.00 e. The number of hydrogen-bond donors (Lipinski definition) is 0. The van der Waals surface area contributed by atoms with Crippen LogP contribution in [0.4, 0.5) is 0 Å². The van der Waals surface area contributed by atoms with Gasteiger partial charge in [-0.25, -0.2) is 0 Å². The first-order valence-electron chi connectivity index (χ1n) is 0.655. The van der Waals surface area contributed by atoms with Gasteiger partial charge in [0.05, 0.1) is 0 Å². The van der Waals surface area contributed by atoms with Crippen molar-refractivity contribution < 1.29 is 28.5 Å². The second-order valence-corrected chi connectivity index (χ2v) is 16.2. The van der Waals surface area contributed by atoms with Gasteiger partial charge in [0, 0.05) is 0 Å². The molecule has 28 valence electrons. The first-order valence-corrected chi connectivity index (χ1v) is 14.3. The van der Waals surface area contributed by atoms with Crippen molar-refractivity contribution in [2.24, 2.45) is 0 Å². The van der Waals surface area contributed by atoms with Crippen LogP contribution in [-0.2, 0) is 0 Å². The van der Waals surface area contributed by atoms with Gasteiger partial charge >= 0.3 is 83.8 Å². The van der Waals surface area contributed by atoms with Crippen LogP contribution in [0.25, 0.3) is 0 Å². The minimum absolute atomic E-state index is 0. The fraction of sp³-hybridized carbons (Fsp3) is 0. The molecule has 0 saturated heterocycles. The molecule has 0 N–H and O–H groups in total. The molecule has 0 atom stereocenters. The summed E-state index contributed by atoms with van der Waals surface area (Å²) in [6, 6.07) is 0. The van der Waals surface area contributed by atoms with Crippen LogP contribution >= 0.6 is 20.4 Å². The Kier molecular flexibility index (Phi) is 16.4. The fourth-order valence-corrected chi connectivity index (χ4v) is 0. The Morgan fingerprint density at radius 2 is 1.20 bits per heavy atom. The van der Waals surface area contributed by atoms with E-state index in [1.54, 1.807) is 0 Å². The maximum atomic E-state index is 5.03. The van der Waals surface area contributed by atoms with E-state index >= 15 is 0 Å². The van der Waals surface area contributed by atoms with Crippen LogP contribution in [-0.4, -0.2) is 37.7 Å². The molecule has 0 aromatic carbocycles. The standard InChI is InChI=1S/Ca.3ClH.La.2H/h;3*1H;;;/q+2;;;;+3;2*-1/p-3. The molecule has 5 heavy (non-hydrogen) atoms. The summed E-state index contributed by atoms with van der Waals surface area (Å²) in [5.41, 5.74) is 0. The Labute approximate surface area is 84.2 Å². The van der Waals surface area contributed by atoms with Crippen LogP contribution in [0.15, 0.2) is 0 Å². The Hall–Kier alpha value is 3.32. The van der Waals surface area contributed by atoms with Gasteiger partial charge in [-0.15, -0.1) is 0 Å². The zero-order valence-electron chi connectivity index (χ0n) is 4.42. The van der Waals surface area contributed by atoms with E-state index in [1.807, 2.05) is 0 Å². The molecule has 0 heterocycles. The first-order chi connectivity index (χ1) is 1.73. The minimum Gasteiger partial charge on any atom is -1.00 e. The van der Waals surface area contributed by atoms with Crippen molar-refractivity contribution in [3.63, 3.8) is 0 Å². The van der Waals surface area contributed by atoms with E-state index in [1.165, 1.54) is 0 Å². The summed E-state index contributed by atoms with van der Waals surface area (Å²) >= 11 is -2.31. The van der Waals surface area contributed by atoms with Crippen molar-refractivity contribution >= 4 is 58.1 Å². The topological polar surface area (TPSA) is 0 Å². The van der Waals surface area contributed by atoms with Gasteiger partial charge < -0.3 is 2.85 Å². The van der Waals surface area contributed by atoms with Gasteiger partial charge in [-0.3, -0.25) is 0 Å². The normalized spacial score (nSPS) is 5.40. The number of hydrogen-bond acceptors (Lipinski definition) is 0. The molecule has 0 rings (SSSR count). The smallest absolute Gasteiger partial charge is 1.00 e. The summed E-state index contributed by atoms with van der Waals surface area (Å²) in [6.45, 7) is 15.1. The van der Waals surface area contributed by atoms with Gasteiger partial charge in [-0.1, -0.05) is 0 Å². The number of halogens is 3. The van der Waals surface area contributed by atoms with Gasteiger partial charge in [-0.05, 0) is 0 Å². The molecular weight excluding hydrogens is 285 g/mol. The summed E-state index contributed by atoms with van der Waals surface area (Å²) in [4.78, 5) is 0.